The molecular weight excluding hydrogens is 977 g/mol. The van der Waals surface area contributed by atoms with Gasteiger partial charge in [-0.1, -0.05) is 12.8 Å². The number of phosphoric acid groups is 3. The Bertz CT molecular complexity index is 2020. The third kappa shape index (κ3) is 19.4. The Hall–Kier alpha value is -2.84. The number of nitrogen functional groups attached to an aromatic ring is 1. The summed E-state index contributed by atoms with van der Waals surface area (Å²) in [4.78, 5) is 84.7. The van der Waals surface area contributed by atoms with E-state index in [1.165, 1.54) is 50.2 Å². The number of unbranched alkanes of at least 4 members (excludes halogenated alkanes) is 3. The molecule has 4 unspecified atom stereocenters. The van der Waals surface area contributed by atoms with Gasteiger partial charge >= 0.3 is 27.6 Å². The summed E-state index contributed by atoms with van der Waals surface area (Å²) in [5.41, 5.74) is 5.99. The van der Waals surface area contributed by atoms with Crippen molar-refractivity contribution >= 4 is 70.1 Å². The topological polar surface area (TPSA) is 370 Å². The summed E-state index contributed by atoms with van der Waals surface area (Å²) in [5, 5.41) is 29.7. The number of imidazole rings is 1. The standard InChI is InChI=1S/C26H41N8O16P3S.2C6H15N/c27-23-20-24(30-12-29-23)34(13-31-20)25-22(38)21(37)15(47-25)10-46-51(40,41)49-53(44,45)50-52(42,43)48-18(36)8-2-1-5-9-28-17(35)7-4-3-6-16-19-14(11-54-16)32-26(39)33-19;2*1-4-7(5-2)6-3/h12-16,19,21-22,25,37-38H,1-11H2,(H,28,35)(H,40,41)(H,42,43)(H,44,45)(H2,27,29,30)(H2,32,33,39);2*4-6H2,1-3H3/t14-,15+,16-,19-,21?,22-,25+;;/m0../s1. The Morgan fingerprint density at radius 1 is 0.897 bits per heavy atom. The molecule has 390 valence electrons. The molecule has 5 heterocycles. The van der Waals surface area contributed by atoms with Gasteiger partial charge in [0.05, 0.1) is 64.3 Å². The van der Waals surface area contributed by atoms with Crippen LogP contribution in [0.3, 0.4) is 0 Å². The van der Waals surface area contributed by atoms with Crippen LogP contribution in [0.1, 0.15) is 99.1 Å². The van der Waals surface area contributed by atoms with Crippen LogP contribution in [0.5, 0.6) is 0 Å². The zero-order chi connectivity index (χ0) is 50.7. The molecule has 0 aliphatic carbocycles. The van der Waals surface area contributed by atoms with E-state index in [4.69, 9.17) is 10.5 Å². The van der Waals surface area contributed by atoms with Gasteiger partial charge in [0.15, 0.2) is 17.7 Å². The predicted molar refractivity (Wildman–Crippen MR) is 246 cm³/mol. The summed E-state index contributed by atoms with van der Waals surface area (Å²) >= 11 is 1.80. The molecule has 0 radical (unpaired) electrons. The van der Waals surface area contributed by atoms with Crippen molar-refractivity contribution in [2.75, 3.05) is 63.9 Å². The summed E-state index contributed by atoms with van der Waals surface area (Å²) < 4.78 is 59.3. The number of ether oxygens (including phenoxy) is 1. The highest BCUT2D eigenvalue weighted by Gasteiger charge is 2.46. The quantitative estimate of drug-likeness (QED) is 0.0307. The molecule has 2 aromatic heterocycles. The van der Waals surface area contributed by atoms with Crippen LogP contribution in [0.4, 0.5) is 10.6 Å². The summed E-state index contributed by atoms with van der Waals surface area (Å²) in [6.45, 7) is 20.2. The lowest BCUT2D eigenvalue weighted by Gasteiger charge is -2.30. The molecule has 3 fully saturated rings. The average molecular weight is 1050 g/mol. The Morgan fingerprint density at radius 2 is 1.53 bits per heavy atom. The van der Waals surface area contributed by atoms with E-state index >= 15 is 0 Å². The lowest BCUT2D eigenvalue weighted by Crippen LogP contribution is -3.11. The number of quaternary nitrogens is 2. The lowest BCUT2D eigenvalue weighted by atomic mass is 10.0. The average Bonchev–Trinajstić information content (AvgIpc) is 4.04. The van der Waals surface area contributed by atoms with Crippen LogP contribution in [-0.4, -0.2) is 146 Å². The minimum absolute atomic E-state index is 0.0115. The molecule has 30 heteroatoms. The minimum Gasteiger partial charge on any atom is -0.756 e. The first-order valence-electron chi connectivity index (χ1n) is 22.9. The van der Waals surface area contributed by atoms with Crippen molar-refractivity contribution in [3.05, 3.63) is 12.7 Å². The number of nitrogens with two attached hydrogens (primary N) is 1. The number of carbonyl (C=O) groups is 3. The van der Waals surface area contributed by atoms with Crippen LogP contribution in [0.15, 0.2) is 12.7 Å². The molecule has 3 aliphatic rings. The minimum atomic E-state index is -6.23. The van der Waals surface area contributed by atoms with E-state index in [0.29, 0.717) is 37.5 Å². The van der Waals surface area contributed by atoms with Gasteiger partial charge in [-0.25, -0.2) is 32.9 Å². The van der Waals surface area contributed by atoms with Crippen LogP contribution >= 0.6 is 35.2 Å². The molecule has 0 saturated carbocycles. The van der Waals surface area contributed by atoms with Gasteiger partial charge < -0.3 is 65.6 Å². The maximum absolute atomic E-state index is 12.3. The molecule has 0 bridgehead atoms. The van der Waals surface area contributed by atoms with Gasteiger partial charge in [-0.05, 0) is 67.2 Å². The molecule has 10 N–H and O–H groups in total. The summed E-state index contributed by atoms with van der Waals surface area (Å²) in [7, 11) is -17.9. The number of amides is 3. The Balaban J connectivity index is 0.000000759. The lowest BCUT2D eigenvalue weighted by molar-refractivity contribution is -0.894. The molecule has 26 nitrogen and oxygen atoms in total. The second-order valence-corrected chi connectivity index (χ2v) is 21.8. The molecule has 2 aromatic rings. The van der Waals surface area contributed by atoms with Crippen LogP contribution in [0, 0.1) is 0 Å². The molecule has 0 aromatic carbocycles. The summed E-state index contributed by atoms with van der Waals surface area (Å²) in [5.74, 6) is -0.661. The van der Waals surface area contributed by atoms with Gasteiger partial charge in [-0.2, -0.15) is 11.8 Å². The van der Waals surface area contributed by atoms with E-state index in [-0.39, 0.29) is 47.4 Å². The number of urea groups is 1. The van der Waals surface area contributed by atoms with Gasteiger partial charge in [0.25, 0.3) is 7.82 Å². The van der Waals surface area contributed by atoms with Crippen LogP contribution in [0.25, 0.3) is 11.2 Å². The van der Waals surface area contributed by atoms with Crippen molar-refractivity contribution in [1.29, 1.82) is 0 Å². The number of hydrogen-bond acceptors (Lipinski definition) is 20. The van der Waals surface area contributed by atoms with Crippen molar-refractivity contribution in [2.24, 2.45) is 0 Å². The van der Waals surface area contributed by atoms with Gasteiger partial charge in [-0.3, -0.25) is 27.8 Å². The summed E-state index contributed by atoms with van der Waals surface area (Å²) in [6, 6.07) is 0.109. The highest BCUT2D eigenvalue weighted by molar-refractivity contribution is 8.00. The highest BCUT2D eigenvalue weighted by atomic mass is 32.2. The number of aromatic nitrogens is 4. The number of phosphoric ester groups is 2. The van der Waals surface area contributed by atoms with Gasteiger partial charge in [-0.15, -0.1) is 0 Å². The molecule has 0 spiro atoms. The maximum atomic E-state index is 12.3. The number of carbonyl (C=O) groups excluding carboxylic acids is 3. The van der Waals surface area contributed by atoms with E-state index in [1.807, 2.05) is 0 Å². The fourth-order valence-corrected chi connectivity index (χ4v) is 12.4. The van der Waals surface area contributed by atoms with Crippen molar-refractivity contribution in [3.8, 4) is 0 Å². The van der Waals surface area contributed by atoms with Crippen molar-refractivity contribution in [3.63, 3.8) is 0 Å². The number of nitrogens with one attached hydrogen (secondary N) is 5. The molecule has 3 amide bonds. The number of nitrogens with zero attached hydrogens (tertiary/aromatic N) is 4. The first-order chi connectivity index (χ1) is 32.1. The number of thioether (sulfide) groups is 1. The largest absolute Gasteiger partial charge is 0.756 e. The van der Waals surface area contributed by atoms with Gasteiger partial charge in [0.2, 0.25) is 5.91 Å². The van der Waals surface area contributed by atoms with E-state index in [0.717, 1.165) is 24.9 Å². The van der Waals surface area contributed by atoms with Crippen molar-refractivity contribution in [2.45, 2.75) is 135 Å². The fourth-order valence-electron chi connectivity index (χ4n) is 7.46. The number of fused-ring (bicyclic) bond motifs is 2. The molecule has 3 aliphatic heterocycles. The first-order valence-corrected chi connectivity index (χ1v) is 28.4. The maximum Gasteiger partial charge on any atom is 0.478 e. The third-order valence-corrected chi connectivity index (χ3v) is 17.1. The number of aliphatic hydroxyl groups is 2. The monoisotopic (exact) mass is 1050 g/mol. The highest BCUT2D eigenvalue weighted by Crippen LogP contribution is 2.64. The molecule has 5 rings (SSSR count). The van der Waals surface area contributed by atoms with Crippen molar-refractivity contribution < 1.29 is 85.2 Å². The van der Waals surface area contributed by atoms with Gasteiger partial charge in [0, 0.05) is 30.4 Å². The SMILES string of the molecule is CC[NH+](CC)CC.CC[NH+](CC)CC.Nc1ncnc2c1ncn2[C@@H]1O[C@H](COP(=O)(O)OP(=O)([O-])OP(=O)([O-])OC(=O)CCCCCNC(=O)CCCC[C@@H]2SC[C@@H]3NC(=O)N[C@@H]32)C(O)[C@@H]1O. The zero-order valence-corrected chi connectivity index (χ0v) is 43.0. The van der Waals surface area contributed by atoms with Crippen molar-refractivity contribution in [1.82, 2.24) is 35.5 Å². The Morgan fingerprint density at radius 3 is 2.15 bits per heavy atom. The van der Waals surface area contributed by atoms with Gasteiger partial charge in [0.1, 0.15) is 30.2 Å². The number of rotatable bonds is 26. The second kappa shape index (κ2) is 28.9. The fraction of sp³-hybridized carbons (Fsp3) is 0.789. The van der Waals surface area contributed by atoms with E-state index in [9.17, 15) is 53.0 Å². The molecule has 10 atom stereocenters. The van der Waals surface area contributed by atoms with Crippen LogP contribution < -0.4 is 41.3 Å². The van der Waals surface area contributed by atoms with Crippen LogP contribution in [0.2, 0.25) is 0 Å². The molecule has 3 saturated heterocycles. The second-order valence-electron chi connectivity index (χ2n) is 16.1. The normalized spacial score (nSPS) is 24.7. The zero-order valence-electron chi connectivity index (χ0n) is 39.5. The molecule has 68 heavy (non-hydrogen) atoms. The van der Waals surface area contributed by atoms with E-state index < -0.39 is 67.0 Å². The number of anilines is 1. The first kappa shape index (κ1) is 59.5. The Kier molecular flexibility index (Phi) is 25.2. The Labute approximate surface area is 401 Å². The number of aliphatic hydroxyl groups excluding tert-OH is 2. The number of hydrogen-bond donors (Lipinski definition) is 9. The molecular formula is C38H71N10O16P3S. The third-order valence-electron chi connectivity index (χ3n) is 11.5. The van der Waals surface area contributed by atoms with E-state index in [1.54, 1.807) is 21.6 Å². The summed E-state index contributed by atoms with van der Waals surface area (Å²) in [6.07, 6.45) is -0.890. The van der Waals surface area contributed by atoms with Crippen LogP contribution in [-0.2, 0) is 45.7 Å². The smallest absolute Gasteiger partial charge is 0.478 e. The van der Waals surface area contributed by atoms with E-state index in [2.05, 4.69) is 90.1 Å². The predicted octanol–water partition coefficient (Wildman–Crippen LogP) is -1.08.